The van der Waals surface area contributed by atoms with E-state index in [4.69, 9.17) is 5.11 Å². The van der Waals surface area contributed by atoms with Gasteiger partial charge in [0.05, 0.1) is 12.0 Å². The molecule has 6 nitrogen and oxygen atoms in total. The van der Waals surface area contributed by atoms with Crippen LogP contribution in [0.5, 0.6) is 0 Å². The van der Waals surface area contributed by atoms with E-state index in [-0.39, 0.29) is 5.25 Å². The summed E-state index contributed by atoms with van der Waals surface area (Å²) in [5, 5.41) is 21.1. The molecule has 0 bridgehead atoms. The number of thioether (sulfide) groups is 1. The maximum Gasteiger partial charge on any atom is 0.307 e. The van der Waals surface area contributed by atoms with E-state index >= 15 is 0 Å². The van der Waals surface area contributed by atoms with Crippen molar-refractivity contribution < 1.29 is 9.90 Å². The fourth-order valence-corrected chi connectivity index (χ4v) is 2.31. The number of aromatic nitrogens is 4. The lowest BCUT2D eigenvalue weighted by Gasteiger charge is -2.14. The summed E-state index contributed by atoms with van der Waals surface area (Å²) in [6.45, 7) is 3.58. The Bertz CT molecular complexity index is 391. The molecule has 16 heavy (non-hydrogen) atoms. The van der Waals surface area contributed by atoms with E-state index < -0.39 is 11.9 Å². The van der Waals surface area contributed by atoms with Gasteiger partial charge in [0.15, 0.2) is 0 Å². The normalized spacial score (nSPS) is 19.4. The number of carboxylic acid groups (broad SMARTS) is 1. The lowest BCUT2D eigenvalue weighted by atomic mass is 10.1. The molecule has 2 unspecified atom stereocenters. The minimum absolute atomic E-state index is 0.0407. The Morgan fingerprint density at radius 2 is 2.25 bits per heavy atom. The van der Waals surface area contributed by atoms with Crippen LogP contribution in [0.1, 0.15) is 32.7 Å². The molecule has 88 valence electrons. The average Bonchev–Trinajstić information content (AvgIpc) is 2.99. The Kier molecular flexibility index (Phi) is 3.13. The van der Waals surface area contributed by atoms with Crippen molar-refractivity contribution in [2.75, 3.05) is 0 Å². The zero-order valence-electron chi connectivity index (χ0n) is 9.20. The summed E-state index contributed by atoms with van der Waals surface area (Å²) < 4.78 is 1.80. The highest BCUT2D eigenvalue weighted by atomic mass is 32.2. The van der Waals surface area contributed by atoms with Crippen molar-refractivity contribution in [3.63, 3.8) is 0 Å². The summed E-state index contributed by atoms with van der Waals surface area (Å²) in [5.41, 5.74) is 0. The van der Waals surface area contributed by atoms with Crippen LogP contribution in [0, 0.1) is 5.92 Å². The predicted octanol–water partition coefficient (Wildman–Crippen LogP) is 1.21. The van der Waals surface area contributed by atoms with Gasteiger partial charge in [0, 0.05) is 5.25 Å². The van der Waals surface area contributed by atoms with Crippen LogP contribution < -0.4 is 0 Å². The van der Waals surface area contributed by atoms with Gasteiger partial charge in [-0.2, -0.15) is 0 Å². The molecule has 0 aliphatic heterocycles. The number of nitrogens with zero attached hydrogens (tertiary/aromatic N) is 4. The third-order valence-electron chi connectivity index (χ3n) is 2.74. The lowest BCUT2D eigenvalue weighted by molar-refractivity contribution is -0.140. The molecule has 1 N–H and O–H groups in total. The smallest absolute Gasteiger partial charge is 0.307 e. The van der Waals surface area contributed by atoms with E-state index in [0.717, 1.165) is 18.0 Å². The number of tetrazole rings is 1. The van der Waals surface area contributed by atoms with Crippen molar-refractivity contribution in [1.82, 2.24) is 20.2 Å². The Labute approximate surface area is 97.4 Å². The summed E-state index contributed by atoms with van der Waals surface area (Å²) in [5.74, 6) is -1.19. The largest absolute Gasteiger partial charge is 0.481 e. The molecule has 1 aromatic rings. The number of hydrogen-bond acceptors (Lipinski definition) is 5. The number of carbonyl (C=O) groups is 1. The van der Waals surface area contributed by atoms with Crippen LogP contribution in [0.25, 0.3) is 0 Å². The maximum atomic E-state index is 10.8. The zero-order chi connectivity index (χ0) is 11.7. The number of aliphatic carboxylic acids is 1. The van der Waals surface area contributed by atoms with E-state index in [2.05, 4.69) is 15.5 Å². The molecule has 7 heteroatoms. The van der Waals surface area contributed by atoms with Crippen molar-refractivity contribution in [2.24, 2.45) is 5.92 Å². The number of hydrogen-bond donors (Lipinski definition) is 1. The minimum Gasteiger partial charge on any atom is -0.481 e. The van der Waals surface area contributed by atoms with Gasteiger partial charge < -0.3 is 5.11 Å². The summed E-state index contributed by atoms with van der Waals surface area (Å²) in [6.07, 6.45) is 2.23. The second-order valence-electron chi connectivity index (χ2n) is 4.09. The molecule has 1 aromatic heterocycles. The summed E-state index contributed by atoms with van der Waals surface area (Å²) >= 11 is 1.43. The van der Waals surface area contributed by atoms with Crippen molar-refractivity contribution >= 4 is 17.7 Å². The second-order valence-corrected chi connectivity index (χ2v) is 5.43. The molecule has 1 aliphatic rings. The van der Waals surface area contributed by atoms with E-state index in [1.54, 1.807) is 11.6 Å². The molecule has 1 heterocycles. The SMILES string of the molecule is CC(Sc1nnnn1C1CC1)C(C)C(=O)O. The number of carboxylic acids is 1. The minimum atomic E-state index is -0.787. The van der Waals surface area contributed by atoms with Crippen LogP contribution in [0.15, 0.2) is 5.16 Å². The first kappa shape index (κ1) is 11.4. The Balaban J connectivity index is 2.02. The van der Waals surface area contributed by atoms with E-state index in [0.29, 0.717) is 6.04 Å². The highest BCUT2D eigenvalue weighted by Gasteiger charge is 2.30. The zero-order valence-corrected chi connectivity index (χ0v) is 10.0. The molecule has 2 rings (SSSR count). The van der Waals surface area contributed by atoms with E-state index in [1.807, 2.05) is 6.92 Å². The molecule has 0 spiro atoms. The number of rotatable bonds is 5. The molecule has 0 aromatic carbocycles. The quantitative estimate of drug-likeness (QED) is 0.782. The maximum absolute atomic E-state index is 10.8. The van der Waals surface area contributed by atoms with Crippen LogP contribution in [0.4, 0.5) is 0 Å². The summed E-state index contributed by atoms with van der Waals surface area (Å²) in [4.78, 5) is 10.8. The van der Waals surface area contributed by atoms with Crippen molar-refractivity contribution in [3.8, 4) is 0 Å². The average molecular weight is 242 g/mol. The summed E-state index contributed by atoms with van der Waals surface area (Å²) in [7, 11) is 0. The molecule has 1 aliphatic carbocycles. The molecule has 1 saturated carbocycles. The molecular formula is C9H14N4O2S. The van der Waals surface area contributed by atoms with Crippen molar-refractivity contribution in [2.45, 2.75) is 43.1 Å². The van der Waals surface area contributed by atoms with Gasteiger partial charge in [-0.1, -0.05) is 25.6 Å². The molecule has 2 atom stereocenters. The first-order valence-corrected chi connectivity index (χ1v) is 6.15. The van der Waals surface area contributed by atoms with Crippen molar-refractivity contribution in [3.05, 3.63) is 0 Å². The van der Waals surface area contributed by atoms with Gasteiger partial charge >= 0.3 is 5.97 Å². The van der Waals surface area contributed by atoms with Crippen LogP contribution in [-0.4, -0.2) is 36.5 Å². The Morgan fingerprint density at radius 3 is 2.81 bits per heavy atom. The third-order valence-corrected chi connectivity index (χ3v) is 4.00. The molecule has 0 amide bonds. The summed E-state index contributed by atoms with van der Waals surface area (Å²) in [6, 6.07) is 0.421. The van der Waals surface area contributed by atoms with Crippen LogP contribution in [0.2, 0.25) is 0 Å². The Hall–Kier alpha value is -1.11. The van der Waals surface area contributed by atoms with Crippen LogP contribution in [-0.2, 0) is 4.79 Å². The van der Waals surface area contributed by atoms with Gasteiger partial charge in [0.1, 0.15) is 0 Å². The highest BCUT2D eigenvalue weighted by Crippen LogP contribution is 2.37. The Morgan fingerprint density at radius 1 is 1.56 bits per heavy atom. The topological polar surface area (TPSA) is 80.9 Å². The molecule has 0 radical (unpaired) electrons. The van der Waals surface area contributed by atoms with Gasteiger partial charge in [-0.3, -0.25) is 4.79 Å². The highest BCUT2D eigenvalue weighted by molar-refractivity contribution is 7.99. The van der Waals surface area contributed by atoms with Gasteiger partial charge in [-0.25, -0.2) is 4.68 Å². The van der Waals surface area contributed by atoms with E-state index in [1.165, 1.54) is 11.8 Å². The van der Waals surface area contributed by atoms with Gasteiger partial charge in [-0.15, -0.1) is 5.10 Å². The predicted molar refractivity (Wildman–Crippen MR) is 58.2 cm³/mol. The standard InChI is InChI=1S/C9H14N4O2S/c1-5(8(14)15)6(2)16-9-10-11-12-13(9)7-3-4-7/h5-7H,3-4H2,1-2H3,(H,14,15). The van der Waals surface area contributed by atoms with Crippen LogP contribution >= 0.6 is 11.8 Å². The van der Waals surface area contributed by atoms with Gasteiger partial charge in [0.2, 0.25) is 5.16 Å². The van der Waals surface area contributed by atoms with E-state index in [9.17, 15) is 4.79 Å². The third kappa shape index (κ3) is 2.34. The molecular weight excluding hydrogens is 228 g/mol. The van der Waals surface area contributed by atoms with Gasteiger partial charge in [0.25, 0.3) is 0 Å². The lowest BCUT2D eigenvalue weighted by Crippen LogP contribution is -2.20. The monoisotopic (exact) mass is 242 g/mol. The second kappa shape index (κ2) is 4.40. The van der Waals surface area contributed by atoms with Crippen molar-refractivity contribution in [1.29, 1.82) is 0 Å². The first-order valence-electron chi connectivity index (χ1n) is 5.27. The fourth-order valence-electron chi connectivity index (χ4n) is 1.28. The fraction of sp³-hybridized carbons (Fsp3) is 0.778. The van der Waals surface area contributed by atoms with Gasteiger partial charge in [-0.05, 0) is 23.3 Å². The van der Waals surface area contributed by atoms with Crippen LogP contribution in [0.3, 0.4) is 0 Å². The first-order chi connectivity index (χ1) is 7.59. The molecule has 1 fully saturated rings. The molecule has 0 saturated heterocycles.